The first-order valence-corrected chi connectivity index (χ1v) is 14.0. The summed E-state index contributed by atoms with van der Waals surface area (Å²) in [6.45, 7) is 11.9. The second-order valence-electron chi connectivity index (χ2n) is 7.59. The SMILES string of the molecule is C[CH2][Zr]([CH]1C(C)=C(C)c2ccccc21)[CH]1C(C)=C(C)c2ccccc21. The topological polar surface area (TPSA) is 0 Å². The summed E-state index contributed by atoms with van der Waals surface area (Å²) in [7, 11) is 0. The second kappa shape index (κ2) is 6.51. The molecule has 0 saturated heterocycles. The maximum atomic E-state index is 2.46. The van der Waals surface area contributed by atoms with Crippen LogP contribution in [0.25, 0.3) is 11.1 Å². The first kappa shape index (κ1) is 17.2. The number of hydrogen-bond donors (Lipinski definition) is 0. The normalized spacial score (nSPS) is 21.6. The van der Waals surface area contributed by atoms with E-state index in [1.165, 1.54) is 26.4 Å². The number of rotatable bonds is 3. The summed E-state index contributed by atoms with van der Waals surface area (Å²) < 4.78 is 2.88. The van der Waals surface area contributed by atoms with Crippen molar-refractivity contribution in [3.63, 3.8) is 0 Å². The Bertz CT molecular complexity index is 826. The van der Waals surface area contributed by atoms with Gasteiger partial charge in [-0.1, -0.05) is 0 Å². The van der Waals surface area contributed by atoms with Gasteiger partial charge in [0, 0.05) is 0 Å². The van der Waals surface area contributed by atoms with E-state index in [9.17, 15) is 0 Å². The summed E-state index contributed by atoms with van der Waals surface area (Å²) in [6, 6.07) is 18.4. The molecule has 0 bridgehead atoms. The number of fused-ring (bicyclic) bond motifs is 2. The molecule has 1 heteroatoms. The van der Waals surface area contributed by atoms with Gasteiger partial charge in [-0.05, 0) is 0 Å². The van der Waals surface area contributed by atoms with Crippen molar-refractivity contribution in [1.82, 2.24) is 0 Å². The van der Waals surface area contributed by atoms with Crippen molar-refractivity contribution in [1.29, 1.82) is 0 Å². The van der Waals surface area contributed by atoms with Gasteiger partial charge in [-0.15, -0.1) is 0 Å². The zero-order valence-corrected chi connectivity index (χ0v) is 18.4. The fraction of sp³-hybridized carbons (Fsp3) is 0.333. The molecule has 2 unspecified atom stereocenters. The van der Waals surface area contributed by atoms with E-state index in [0.717, 1.165) is 7.25 Å². The molecular weight excluding hydrogens is 379 g/mol. The zero-order chi connectivity index (χ0) is 17.7. The Kier molecular flexibility index (Phi) is 4.49. The van der Waals surface area contributed by atoms with Crippen LogP contribution in [0.2, 0.25) is 4.13 Å². The molecule has 2 atom stereocenters. The van der Waals surface area contributed by atoms with E-state index in [1.807, 2.05) is 0 Å². The summed E-state index contributed by atoms with van der Waals surface area (Å²) in [5.41, 5.74) is 12.7. The average molecular weight is 407 g/mol. The monoisotopic (exact) mass is 405 g/mol. The summed E-state index contributed by atoms with van der Waals surface area (Å²) in [5.74, 6) is 0. The van der Waals surface area contributed by atoms with Gasteiger partial charge >= 0.3 is 161 Å². The third-order valence-corrected chi connectivity index (χ3v) is 15.9. The summed E-state index contributed by atoms with van der Waals surface area (Å²) >= 11 is -1.82. The molecule has 0 aliphatic heterocycles. The van der Waals surface area contributed by atoms with Crippen LogP contribution in [-0.2, 0) is 21.8 Å². The van der Waals surface area contributed by atoms with Gasteiger partial charge in [-0.2, -0.15) is 0 Å². The Labute approximate surface area is 160 Å². The van der Waals surface area contributed by atoms with Crippen LogP contribution in [0.15, 0.2) is 59.7 Å². The van der Waals surface area contributed by atoms with Gasteiger partial charge < -0.3 is 0 Å². The molecule has 2 aliphatic rings. The van der Waals surface area contributed by atoms with Crippen LogP contribution in [-0.4, -0.2) is 0 Å². The molecule has 4 rings (SSSR count). The van der Waals surface area contributed by atoms with Gasteiger partial charge in [0.15, 0.2) is 0 Å². The van der Waals surface area contributed by atoms with Crippen LogP contribution in [0, 0.1) is 0 Å². The van der Waals surface area contributed by atoms with Crippen molar-refractivity contribution in [2.24, 2.45) is 0 Å². The fourth-order valence-electron chi connectivity index (χ4n) is 5.04. The molecular formula is C24H27Zr. The first-order valence-electron chi connectivity index (χ1n) is 9.45. The molecule has 2 aromatic rings. The van der Waals surface area contributed by atoms with E-state index in [1.54, 1.807) is 22.3 Å². The molecule has 0 saturated carbocycles. The second-order valence-corrected chi connectivity index (χ2v) is 15.0. The van der Waals surface area contributed by atoms with Gasteiger partial charge in [-0.3, -0.25) is 0 Å². The Morgan fingerprint density at radius 1 is 0.680 bits per heavy atom. The van der Waals surface area contributed by atoms with E-state index in [-0.39, 0.29) is 0 Å². The zero-order valence-electron chi connectivity index (χ0n) is 16.0. The summed E-state index contributed by atoms with van der Waals surface area (Å²) in [6.07, 6.45) is 0. The molecule has 2 aromatic carbocycles. The molecule has 0 heterocycles. The van der Waals surface area contributed by atoms with Crippen molar-refractivity contribution in [3.05, 3.63) is 81.9 Å². The maximum absolute atomic E-state index is 2.46. The molecule has 0 fully saturated rings. The van der Waals surface area contributed by atoms with E-state index in [2.05, 4.69) is 83.1 Å². The van der Waals surface area contributed by atoms with Gasteiger partial charge in [0.25, 0.3) is 0 Å². The Morgan fingerprint density at radius 3 is 1.48 bits per heavy atom. The molecule has 2 aliphatic carbocycles. The van der Waals surface area contributed by atoms with Crippen molar-refractivity contribution in [3.8, 4) is 0 Å². The Morgan fingerprint density at radius 2 is 1.08 bits per heavy atom. The number of hydrogen-bond acceptors (Lipinski definition) is 0. The number of allylic oxidation sites excluding steroid dienone is 4. The van der Waals surface area contributed by atoms with Gasteiger partial charge in [0.2, 0.25) is 0 Å². The van der Waals surface area contributed by atoms with Crippen LogP contribution < -0.4 is 0 Å². The Hall–Kier alpha value is -1.20. The van der Waals surface area contributed by atoms with Crippen molar-refractivity contribution in [2.75, 3.05) is 0 Å². The predicted molar refractivity (Wildman–Crippen MR) is 105 cm³/mol. The summed E-state index contributed by atoms with van der Waals surface area (Å²) in [4.78, 5) is 0. The van der Waals surface area contributed by atoms with E-state index >= 15 is 0 Å². The minimum atomic E-state index is -1.82. The first-order chi connectivity index (χ1) is 12.1. The molecule has 127 valence electrons. The van der Waals surface area contributed by atoms with E-state index < -0.39 is 21.8 Å². The minimum absolute atomic E-state index is 0.738. The van der Waals surface area contributed by atoms with Crippen LogP contribution in [0.3, 0.4) is 0 Å². The average Bonchev–Trinajstić information content (AvgIpc) is 3.04. The van der Waals surface area contributed by atoms with Crippen LogP contribution in [0.1, 0.15) is 64.1 Å². The van der Waals surface area contributed by atoms with Gasteiger partial charge in [-0.25, -0.2) is 0 Å². The van der Waals surface area contributed by atoms with E-state index in [4.69, 9.17) is 0 Å². The van der Waals surface area contributed by atoms with Crippen molar-refractivity contribution >= 4 is 11.1 Å². The van der Waals surface area contributed by atoms with Gasteiger partial charge in [0.05, 0.1) is 0 Å². The quantitative estimate of drug-likeness (QED) is 0.508. The molecule has 0 aromatic heterocycles. The van der Waals surface area contributed by atoms with Crippen LogP contribution in [0.4, 0.5) is 0 Å². The standard InChI is InChI=1S/2C11H11.C2H5.Zr/c2*1-8-7-10-5-3-4-6-11(10)9(8)2;1-2;/h2*3-7H,1-2H3;1H2,2H3;. The van der Waals surface area contributed by atoms with Crippen LogP contribution in [0.5, 0.6) is 0 Å². The third-order valence-electron chi connectivity index (χ3n) is 6.55. The number of benzene rings is 2. The molecule has 0 spiro atoms. The van der Waals surface area contributed by atoms with Crippen molar-refractivity contribution in [2.45, 2.75) is 46.0 Å². The Balaban J connectivity index is 1.86. The van der Waals surface area contributed by atoms with Crippen LogP contribution >= 0.6 is 0 Å². The fourth-order valence-corrected chi connectivity index (χ4v) is 14.9. The van der Waals surface area contributed by atoms with Gasteiger partial charge in [0.1, 0.15) is 0 Å². The molecule has 0 N–H and O–H groups in total. The predicted octanol–water partition coefficient (Wildman–Crippen LogP) is 7.14. The molecule has 0 radical (unpaired) electrons. The van der Waals surface area contributed by atoms with Crippen molar-refractivity contribution < 1.29 is 21.8 Å². The third kappa shape index (κ3) is 2.50. The molecule has 0 amide bonds. The molecule has 25 heavy (non-hydrogen) atoms. The summed E-state index contributed by atoms with van der Waals surface area (Å²) in [5, 5.41) is 0. The van der Waals surface area contributed by atoms with E-state index in [0.29, 0.717) is 0 Å². The molecule has 0 nitrogen and oxygen atoms in total.